The molecule has 3 aliphatic heterocycles. The second-order valence-corrected chi connectivity index (χ2v) is 11.7. The first-order valence-corrected chi connectivity index (χ1v) is 13.3. The van der Waals surface area contributed by atoms with E-state index >= 15 is 0 Å². The van der Waals surface area contributed by atoms with Crippen molar-refractivity contribution in [2.24, 2.45) is 0 Å². The molecule has 3 aromatic heterocycles. The van der Waals surface area contributed by atoms with Gasteiger partial charge in [0.2, 0.25) is 10.0 Å². The maximum atomic E-state index is 12.9. The van der Waals surface area contributed by atoms with Gasteiger partial charge in [0.25, 0.3) is 0 Å². The van der Waals surface area contributed by atoms with Gasteiger partial charge in [-0.15, -0.1) is 0 Å². The van der Waals surface area contributed by atoms with Crippen LogP contribution in [-0.4, -0.2) is 63.0 Å². The predicted molar refractivity (Wildman–Crippen MR) is 131 cm³/mol. The number of nitriles is 1. The Bertz CT molecular complexity index is 1410. The Balaban J connectivity index is 1.19. The largest absolute Gasteiger partial charge is 0.367 e. The van der Waals surface area contributed by atoms with Crippen LogP contribution in [0.1, 0.15) is 37.8 Å². The molecule has 0 saturated carbocycles. The van der Waals surface area contributed by atoms with Gasteiger partial charge in [-0.25, -0.2) is 18.1 Å². The van der Waals surface area contributed by atoms with Gasteiger partial charge in [0.15, 0.2) is 5.82 Å². The monoisotopic (exact) mass is 493 g/mol. The lowest BCUT2D eigenvalue weighted by molar-refractivity contribution is -0.173. The molecule has 0 spiro atoms. The standard InChI is InChI=1S/C23H27N9O2S/c1-14-8-21(31-30-14)28-20-11-19-18(4-2-6-25-19)22(29-20)27-15-9-16-12-23(13-17(10-15)32(16)23)35(33,34)26-7-3-5-24/h2,4,6,8,11,15-17,26H,3,7,9-10,12-13H2,1H3,(H3,27,28,29,30,31)/t15?,16-,17+,23?. The van der Waals surface area contributed by atoms with Crippen molar-refractivity contribution in [2.75, 3.05) is 17.2 Å². The number of piperidine rings is 2. The van der Waals surface area contributed by atoms with Gasteiger partial charge < -0.3 is 10.6 Å². The average molecular weight is 494 g/mol. The van der Waals surface area contributed by atoms with E-state index in [1.54, 1.807) is 6.20 Å². The Morgan fingerprint density at radius 1 is 1.26 bits per heavy atom. The molecule has 0 aromatic carbocycles. The molecular weight excluding hydrogens is 466 g/mol. The number of anilines is 3. The number of nitrogens with zero attached hydrogens (tertiary/aromatic N) is 5. The molecule has 12 heteroatoms. The van der Waals surface area contributed by atoms with Crippen molar-refractivity contribution in [3.05, 3.63) is 36.2 Å². The van der Waals surface area contributed by atoms with Crippen LogP contribution in [0.4, 0.5) is 17.5 Å². The summed E-state index contributed by atoms with van der Waals surface area (Å²) in [5, 5.41) is 23.7. The van der Waals surface area contributed by atoms with Gasteiger partial charge in [-0.05, 0) is 44.7 Å². The second kappa shape index (κ2) is 8.15. The van der Waals surface area contributed by atoms with Gasteiger partial charge in [0, 0.05) is 60.5 Å². The van der Waals surface area contributed by atoms with Crippen LogP contribution in [0.25, 0.3) is 10.9 Å². The van der Waals surface area contributed by atoms with Gasteiger partial charge >= 0.3 is 0 Å². The third kappa shape index (κ3) is 3.62. The fraction of sp³-hybridized carbons (Fsp3) is 0.478. The topological polar surface area (TPSA) is 152 Å². The minimum absolute atomic E-state index is 0.170. The average Bonchev–Trinajstić information content (AvgIpc) is 3.20. The van der Waals surface area contributed by atoms with Crippen molar-refractivity contribution in [1.29, 1.82) is 5.26 Å². The Labute approximate surface area is 203 Å². The molecule has 6 rings (SSSR count). The van der Waals surface area contributed by atoms with Crippen molar-refractivity contribution in [3.8, 4) is 6.07 Å². The number of rotatable bonds is 8. The van der Waals surface area contributed by atoms with E-state index in [1.807, 2.05) is 37.3 Å². The smallest absolute Gasteiger partial charge is 0.230 e. The van der Waals surface area contributed by atoms with E-state index < -0.39 is 14.9 Å². The van der Waals surface area contributed by atoms with Gasteiger partial charge in [0.05, 0.1) is 11.6 Å². The summed E-state index contributed by atoms with van der Waals surface area (Å²) < 4.78 is 28.4. The second-order valence-electron chi connectivity index (χ2n) is 9.68. The zero-order valence-electron chi connectivity index (χ0n) is 19.3. The zero-order chi connectivity index (χ0) is 24.2. The van der Waals surface area contributed by atoms with Crippen molar-refractivity contribution >= 4 is 38.4 Å². The molecule has 3 aromatic rings. The molecule has 4 atom stereocenters. The quantitative estimate of drug-likeness (QED) is 0.347. The van der Waals surface area contributed by atoms with Gasteiger partial charge in [-0.1, -0.05) is 0 Å². The first kappa shape index (κ1) is 22.2. The number of fused-ring (bicyclic) bond motifs is 1. The lowest BCUT2D eigenvalue weighted by atomic mass is 9.67. The third-order valence-electron chi connectivity index (χ3n) is 7.41. The fourth-order valence-corrected chi connectivity index (χ4v) is 8.06. The minimum atomic E-state index is -3.47. The molecule has 0 radical (unpaired) electrons. The van der Waals surface area contributed by atoms with E-state index in [1.165, 1.54) is 0 Å². The SMILES string of the molecule is Cc1cc(Nc2cc3ncccc3c(NC3C[C@@H]4CC5(S(=O)(=O)NCCC#N)C[C@H](C3)N45)n2)n[nH]1. The van der Waals surface area contributed by atoms with Crippen molar-refractivity contribution < 1.29 is 8.42 Å². The molecule has 0 amide bonds. The molecule has 3 fully saturated rings. The third-order valence-corrected chi connectivity index (χ3v) is 9.54. The summed E-state index contributed by atoms with van der Waals surface area (Å²) >= 11 is 0. The van der Waals surface area contributed by atoms with E-state index in [0.29, 0.717) is 24.5 Å². The number of aromatic amines is 1. The maximum absolute atomic E-state index is 12.9. The van der Waals surface area contributed by atoms with E-state index in [4.69, 9.17) is 10.2 Å². The highest BCUT2D eigenvalue weighted by atomic mass is 32.2. The lowest BCUT2D eigenvalue weighted by Gasteiger charge is -2.71. The van der Waals surface area contributed by atoms with Crippen LogP contribution in [0.5, 0.6) is 0 Å². The number of aryl methyl sites for hydroxylation is 1. The van der Waals surface area contributed by atoms with Crippen LogP contribution < -0.4 is 15.4 Å². The highest BCUT2D eigenvalue weighted by Crippen LogP contribution is 2.59. The molecule has 2 unspecified atom stereocenters. The lowest BCUT2D eigenvalue weighted by Crippen LogP contribution is -2.84. The van der Waals surface area contributed by atoms with Crippen LogP contribution in [0.15, 0.2) is 30.5 Å². The first-order chi connectivity index (χ1) is 16.9. The zero-order valence-corrected chi connectivity index (χ0v) is 20.1. The normalized spacial score (nSPS) is 27.4. The summed E-state index contributed by atoms with van der Waals surface area (Å²) in [7, 11) is -3.47. The molecule has 0 aliphatic carbocycles. The molecule has 3 aliphatic rings. The van der Waals surface area contributed by atoms with Crippen LogP contribution in [0.2, 0.25) is 0 Å². The summed E-state index contributed by atoms with van der Waals surface area (Å²) in [6, 6.07) is 10.4. The number of hydrogen-bond donors (Lipinski definition) is 4. The van der Waals surface area contributed by atoms with Crippen molar-refractivity contribution in [1.82, 2.24) is 29.8 Å². The number of aromatic nitrogens is 4. The Morgan fingerprint density at radius 2 is 2.06 bits per heavy atom. The summed E-state index contributed by atoms with van der Waals surface area (Å²) in [4.78, 5) is 10.7. The van der Waals surface area contributed by atoms with Gasteiger partial charge in [0.1, 0.15) is 16.5 Å². The first-order valence-electron chi connectivity index (χ1n) is 11.8. The van der Waals surface area contributed by atoms with E-state index in [-0.39, 0.29) is 31.1 Å². The van der Waals surface area contributed by atoms with E-state index in [0.717, 1.165) is 35.3 Å². The summed E-state index contributed by atoms with van der Waals surface area (Å²) in [6.45, 7) is 2.11. The molecule has 11 nitrogen and oxygen atoms in total. The van der Waals surface area contributed by atoms with Crippen molar-refractivity contribution in [2.45, 2.75) is 62.0 Å². The number of pyridine rings is 2. The Kier molecular flexibility index (Phi) is 5.17. The summed E-state index contributed by atoms with van der Waals surface area (Å²) in [5.74, 6) is 2.11. The molecule has 35 heavy (non-hydrogen) atoms. The van der Waals surface area contributed by atoms with Gasteiger partial charge in [-0.2, -0.15) is 10.4 Å². The molecule has 0 bridgehead atoms. The van der Waals surface area contributed by atoms with E-state index in [9.17, 15) is 8.42 Å². The summed E-state index contributed by atoms with van der Waals surface area (Å²) in [6.07, 6.45) is 4.90. The van der Waals surface area contributed by atoms with Crippen LogP contribution in [0, 0.1) is 18.3 Å². The van der Waals surface area contributed by atoms with Crippen molar-refractivity contribution in [3.63, 3.8) is 0 Å². The minimum Gasteiger partial charge on any atom is -0.367 e. The number of sulfonamides is 1. The highest BCUT2D eigenvalue weighted by Gasteiger charge is 2.71. The molecule has 182 valence electrons. The summed E-state index contributed by atoms with van der Waals surface area (Å²) in [5.41, 5.74) is 1.79. The molecule has 4 N–H and O–H groups in total. The molecule has 6 heterocycles. The maximum Gasteiger partial charge on any atom is 0.230 e. The van der Waals surface area contributed by atoms with Crippen LogP contribution >= 0.6 is 0 Å². The number of hydrogen-bond acceptors (Lipinski definition) is 9. The Hall–Kier alpha value is -3.27. The Morgan fingerprint density at radius 3 is 2.77 bits per heavy atom. The van der Waals surface area contributed by atoms with Crippen LogP contribution in [-0.2, 0) is 10.0 Å². The fourth-order valence-electron chi connectivity index (χ4n) is 6.02. The molecule has 3 saturated heterocycles. The van der Waals surface area contributed by atoms with Crippen LogP contribution in [0.3, 0.4) is 0 Å². The highest BCUT2D eigenvalue weighted by molar-refractivity contribution is 7.91. The molecular formula is C23H27N9O2S. The van der Waals surface area contributed by atoms with E-state index in [2.05, 4.69) is 35.4 Å². The predicted octanol–water partition coefficient (Wildman–Crippen LogP) is 2.36. The number of nitrogens with one attached hydrogen (secondary N) is 4. The number of H-pyrrole nitrogens is 1. The van der Waals surface area contributed by atoms with Gasteiger partial charge in [-0.3, -0.25) is 15.0 Å².